The molecule has 0 spiro atoms. The summed E-state index contributed by atoms with van der Waals surface area (Å²) in [6.07, 6.45) is 1.60. The van der Waals surface area contributed by atoms with Gasteiger partial charge in [0.25, 0.3) is 0 Å². The van der Waals surface area contributed by atoms with Gasteiger partial charge in [-0.2, -0.15) is 0 Å². The first kappa shape index (κ1) is 13.1. The average molecular weight is 256 g/mol. The van der Waals surface area contributed by atoms with Crippen molar-refractivity contribution in [2.75, 3.05) is 5.32 Å². The molecule has 0 saturated carbocycles. The zero-order valence-corrected chi connectivity index (χ0v) is 11.0. The van der Waals surface area contributed by atoms with Crippen molar-refractivity contribution in [2.24, 2.45) is 0 Å². The summed E-state index contributed by atoms with van der Waals surface area (Å²) in [4.78, 5) is 14.9. The van der Waals surface area contributed by atoms with Crippen molar-refractivity contribution in [1.82, 2.24) is 4.98 Å². The second-order valence-electron chi connectivity index (χ2n) is 4.33. The molecule has 0 unspecified atom stereocenters. The monoisotopic (exact) mass is 256 g/mol. The van der Waals surface area contributed by atoms with Crippen LogP contribution >= 0.6 is 0 Å². The second-order valence-corrected chi connectivity index (χ2v) is 4.33. The van der Waals surface area contributed by atoms with Crippen molar-refractivity contribution in [1.29, 1.82) is 0 Å². The highest BCUT2D eigenvalue weighted by Crippen LogP contribution is 2.14. The van der Waals surface area contributed by atoms with Gasteiger partial charge in [-0.15, -0.1) is 0 Å². The molecule has 1 aromatic carbocycles. The second kappa shape index (κ2) is 6.00. The van der Waals surface area contributed by atoms with Crippen molar-refractivity contribution in [3.05, 3.63) is 53.7 Å². The molecule has 0 aliphatic rings. The van der Waals surface area contributed by atoms with Crippen LogP contribution in [0.4, 0.5) is 5.82 Å². The number of ether oxygens (including phenoxy) is 1. The molecule has 4 heteroatoms. The van der Waals surface area contributed by atoms with Crippen LogP contribution in [0.3, 0.4) is 0 Å². The number of amides is 1. The number of anilines is 1. The third-order valence-corrected chi connectivity index (χ3v) is 2.57. The summed E-state index contributed by atoms with van der Waals surface area (Å²) in [5, 5.41) is 2.61. The van der Waals surface area contributed by atoms with E-state index in [2.05, 4.69) is 29.4 Å². The number of benzene rings is 1. The summed E-state index contributed by atoms with van der Waals surface area (Å²) in [7, 11) is 0. The molecule has 0 bridgehead atoms. The van der Waals surface area contributed by atoms with Gasteiger partial charge in [-0.3, -0.25) is 4.79 Å². The maximum Gasteiger partial charge on any atom is 0.222 e. The number of aryl methyl sites for hydroxylation is 1. The Labute approximate surface area is 112 Å². The first-order valence-corrected chi connectivity index (χ1v) is 6.05. The molecule has 0 radical (unpaired) electrons. The number of carbonyl (C=O) groups excluding carboxylic acids is 1. The molecule has 2 rings (SSSR count). The van der Waals surface area contributed by atoms with E-state index in [1.54, 1.807) is 18.3 Å². The molecule has 1 heterocycles. The third-order valence-electron chi connectivity index (χ3n) is 2.57. The Morgan fingerprint density at radius 3 is 2.53 bits per heavy atom. The maximum atomic E-state index is 10.9. The molecule has 4 nitrogen and oxygen atoms in total. The van der Waals surface area contributed by atoms with E-state index < -0.39 is 0 Å². The van der Waals surface area contributed by atoms with Crippen LogP contribution in [0.15, 0.2) is 42.6 Å². The average Bonchev–Trinajstić information content (AvgIpc) is 2.39. The van der Waals surface area contributed by atoms with Gasteiger partial charge in [0.15, 0.2) is 0 Å². The Morgan fingerprint density at radius 2 is 1.95 bits per heavy atom. The highest BCUT2D eigenvalue weighted by atomic mass is 16.5. The standard InChI is InChI=1S/C15H16N2O2/c1-11-3-5-13(6-4-11)10-19-14-7-8-15(16-9-14)17-12(2)18/h3-9H,10H2,1-2H3,(H,16,17,18). The maximum absolute atomic E-state index is 10.9. The van der Waals surface area contributed by atoms with Crippen LogP contribution in [-0.2, 0) is 11.4 Å². The number of pyridine rings is 1. The summed E-state index contributed by atoms with van der Waals surface area (Å²) in [5.74, 6) is 1.06. The van der Waals surface area contributed by atoms with Gasteiger partial charge < -0.3 is 10.1 Å². The van der Waals surface area contributed by atoms with Gasteiger partial charge in [0.1, 0.15) is 18.2 Å². The summed E-state index contributed by atoms with van der Waals surface area (Å²) in [5.41, 5.74) is 2.33. The van der Waals surface area contributed by atoms with Crippen LogP contribution in [-0.4, -0.2) is 10.9 Å². The minimum Gasteiger partial charge on any atom is -0.487 e. The fraction of sp³-hybridized carbons (Fsp3) is 0.200. The van der Waals surface area contributed by atoms with E-state index in [0.29, 0.717) is 18.2 Å². The lowest BCUT2D eigenvalue weighted by Gasteiger charge is -2.07. The number of hydrogen-bond acceptors (Lipinski definition) is 3. The van der Waals surface area contributed by atoms with Gasteiger partial charge in [-0.05, 0) is 24.6 Å². The smallest absolute Gasteiger partial charge is 0.222 e. The predicted octanol–water partition coefficient (Wildman–Crippen LogP) is 2.93. The Hall–Kier alpha value is -2.36. The van der Waals surface area contributed by atoms with Crippen molar-refractivity contribution < 1.29 is 9.53 Å². The Balaban J connectivity index is 1.92. The van der Waals surface area contributed by atoms with Gasteiger partial charge >= 0.3 is 0 Å². The molecule has 0 aliphatic carbocycles. The summed E-state index contributed by atoms with van der Waals surface area (Å²) in [6, 6.07) is 11.7. The van der Waals surface area contributed by atoms with Gasteiger partial charge in [-0.25, -0.2) is 4.98 Å². The van der Waals surface area contributed by atoms with E-state index in [0.717, 1.165) is 5.56 Å². The summed E-state index contributed by atoms with van der Waals surface area (Å²) >= 11 is 0. The molecule has 1 aromatic heterocycles. The molecule has 0 atom stereocenters. The Morgan fingerprint density at radius 1 is 1.21 bits per heavy atom. The highest BCUT2D eigenvalue weighted by Gasteiger charge is 1.99. The van der Waals surface area contributed by atoms with Crippen molar-refractivity contribution in [3.8, 4) is 5.75 Å². The third kappa shape index (κ3) is 4.10. The Kier molecular flexibility index (Phi) is 4.13. The molecule has 98 valence electrons. The molecule has 1 N–H and O–H groups in total. The summed E-state index contributed by atoms with van der Waals surface area (Å²) < 4.78 is 5.62. The summed E-state index contributed by atoms with van der Waals surface area (Å²) in [6.45, 7) is 4.00. The van der Waals surface area contributed by atoms with E-state index in [1.165, 1.54) is 12.5 Å². The van der Waals surface area contributed by atoms with Crippen molar-refractivity contribution >= 4 is 11.7 Å². The van der Waals surface area contributed by atoms with Crippen LogP contribution < -0.4 is 10.1 Å². The molecular weight excluding hydrogens is 240 g/mol. The molecule has 0 aliphatic heterocycles. The lowest BCUT2D eigenvalue weighted by atomic mass is 10.2. The number of nitrogens with one attached hydrogen (secondary N) is 1. The number of aromatic nitrogens is 1. The van der Waals surface area contributed by atoms with Gasteiger partial charge in [0.2, 0.25) is 5.91 Å². The number of rotatable bonds is 4. The molecule has 19 heavy (non-hydrogen) atoms. The van der Waals surface area contributed by atoms with E-state index >= 15 is 0 Å². The topological polar surface area (TPSA) is 51.2 Å². The van der Waals surface area contributed by atoms with Crippen LogP contribution in [0.25, 0.3) is 0 Å². The molecule has 0 fully saturated rings. The highest BCUT2D eigenvalue weighted by molar-refractivity contribution is 5.87. The number of hydrogen-bond donors (Lipinski definition) is 1. The minimum absolute atomic E-state index is 0.138. The first-order valence-electron chi connectivity index (χ1n) is 6.05. The van der Waals surface area contributed by atoms with E-state index in [-0.39, 0.29) is 5.91 Å². The number of carbonyl (C=O) groups is 1. The SMILES string of the molecule is CC(=O)Nc1ccc(OCc2ccc(C)cc2)cn1. The van der Waals surface area contributed by atoms with Gasteiger partial charge in [0.05, 0.1) is 6.20 Å². The first-order chi connectivity index (χ1) is 9.13. The number of nitrogens with zero attached hydrogens (tertiary/aromatic N) is 1. The van der Waals surface area contributed by atoms with Crippen molar-refractivity contribution in [3.63, 3.8) is 0 Å². The Bertz CT molecular complexity index is 547. The predicted molar refractivity (Wildman–Crippen MR) is 74.1 cm³/mol. The van der Waals surface area contributed by atoms with Gasteiger partial charge in [-0.1, -0.05) is 29.8 Å². The quantitative estimate of drug-likeness (QED) is 0.915. The fourth-order valence-corrected chi connectivity index (χ4v) is 1.57. The van der Waals surface area contributed by atoms with E-state index in [4.69, 9.17) is 4.74 Å². The lowest BCUT2D eigenvalue weighted by Crippen LogP contribution is -2.07. The van der Waals surface area contributed by atoms with E-state index in [1.807, 2.05) is 12.1 Å². The fourth-order valence-electron chi connectivity index (χ4n) is 1.57. The van der Waals surface area contributed by atoms with E-state index in [9.17, 15) is 4.79 Å². The van der Waals surface area contributed by atoms with Crippen LogP contribution in [0, 0.1) is 6.92 Å². The normalized spacial score (nSPS) is 10.0. The minimum atomic E-state index is -0.138. The zero-order valence-electron chi connectivity index (χ0n) is 11.0. The molecule has 1 amide bonds. The van der Waals surface area contributed by atoms with Crippen molar-refractivity contribution in [2.45, 2.75) is 20.5 Å². The molecular formula is C15H16N2O2. The zero-order chi connectivity index (χ0) is 13.7. The van der Waals surface area contributed by atoms with Crippen LogP contribution in [0.5, 0.6) is 5.75 Å². The van der Waals surface area contributed by atoms with Crippen LogP contribution in [0.1, 0.15) is 18.1 Å². The van der Waals surface area contributed by atoms with Gasteiger partial charge in [0, 0.05) is 6.92 Å². The largest absolute Gasteiger partial charge is 0.487 e. The van der Waals surface area contributed by atoms with Crippen LogP contribution in [0.2, 0.25) is 0 Å². The lowest BCUT2D eigenvalue weighted by molar-refractivity contribution is -0.114. The molecule has 0 saturated heterocycles. The molecule has 2 aromatic rings.